The molecule has 0 heterocycles. The van der Waals surface area contributed by atoms with Crippen LogP contribution in [0.3, 0.4) is 0 Å². The van der Waals surface area contributed by atoms with Crippen molar-refractivity contribution in [1.29, 1.82) is 0 Å². The molecule has 0 atom stereocenters. The molecule has 0 N–H and O–H groups in total. The Kier molecular flexibility index (Phi) is 5.97. The van der Waals surface area contributed by atoms with Crippen LogP contribution < -0.4 is 0 Å². The fraction of sp³-hybridized carbons (Fsp3) is 0.500. The van der Waals surface area contributed by atoms with Gasteiger partial charge in [-0.2, -0.15) is 0 Å². The van der Waals surface area contributed by atoms with E-state index in [1.54, 1.807) is 6.92 Å². The van der Waals surface area contributed by atoms with Gasteiger partial charge in [0.1, 0.15) is 12.1 Å². The summed E-state index contributed by atoms with van der Waals surface area (Å²) in [6.45, 7) is 3.46. The first-order valence-electron chi connectivity index (χ1n) is 3.71. The van der Waals surface area contributed by atoms with Crippen molar-refractivity contribution in [3.05, 3.63) is 11.8 Å². The third-order valence-electron chi connectivity index (χ3n) is 1.07. The molecule has 0 aliphatic heterocycles. The Morgan fingerprint density at radius 2 is 2.08 bits per heavy atom. The summed E-state index contributed by atoms with van der Waals surface area (Å²) in [6.07, 6.45) is 1.03. The predicted molar refractivity (Wildman–Crippen MR) is 47.2 cm³/mol. The Bertz CT molecular complexity index is 222. The second kappa shape index (κ2) is 6.48. The molecule has 0 radical (unpaired) electrons. The van der Waals surface area contributed by atoms with Gasteiger partial charge in [0.05, 0.1) is 12.2 Å². The van der Waals surface area contributed by atoms with E-state index < -0.39 is 11.9 Å². The number of hydrogen-bond donors (Lipinski definition) is 0. The molecule has 0 unspecified atom stereocenters. The van der Waals surface area contributed by atoms with E-state index in [2.05, 4.69) is 9.47 Å². The van der Waals surface area contributed by atoms with Gasteiger partial charge in [0, 0.05) is 0 Å². The number of hydrogen-bond acceptors (Lipinski definition) is 4. The number of rotatable bonds is 4. The van der Waals surface area contributed by atoms with E-state index in [4.69, 9.17) is 11.6 Å². The summed E-state index contributed by atoms with van der Waals surface area (Å²) >= 11 is 5.16. The number of carbonyl (C=O) groups excluding carboxylic acids is 2. The van der Waals surface area contributed by atoms with Crippen molar-refractivity contribution in [3.63, 3.8) is 0 Å². The van der Waals surface area contributed by atoms with E-state index in [9.17, 15) is 9.59 Å². The monoisotopic (exact) mass is 206 g/mol. The van der Waals surface area contributed by atoms with Gasteiger partial charge in [0.15, 0.2) is 0 Å². The number of esters is 2. The van der Waals surface area contributed by atoms with Crippen LogP contribution >= 0.6 is 11.6 Å². The minimum atomic E-state index is -0.606. The highest BCUT2D eigenvalue weighted by atomic mass is 35.5. The highest BCUT2D eigenvalue weighted by molar-refractivity contribution is 6.26. The van der Waals surface area contributed by atoms with Crippen molar-refractivity contribution in [1.82, 2.24) is 0 Å². The Morgan fingerprint density at radius 3 is 2.54 bits per heavy atom. The van der Waals surface area contributed by atoms with Gasteiger partial charge in [-0.3, -0.25) is 4.79 Å². The van der Waals surface area contributed by atoms with E-state index in [-0.39, 0.29) is 18.1 Å². The first-order chi connectivity index (χ1) is 6.11. The summed E-state index contributed by atoms with van der Waals surface area (Å²) in [4.78, 5) is 21.5. The molecule has 0 aliphatic rings. The summed E-state index contributed by atoms with van der Waals surface area (Å²) < 4.78 is 9.12. The van der Waals surface area contributed by atoms with Crippen molar-refractivity contribution in [3.8, 4) is 0 Å². The first-order valence-corrected chi connectivity index (χ1v) is 4.24. The van der Waals surface area contributed by atoms with Gasteiger partial charge in [-0.1, -0.05) is 0 Å². The van der Waals surface area contributed by atoms with E-state index in [1.807, 2.05) is 0 Å². The molecule has 0 spiro atoms. The molecule has 0 bridgehead atoms. The van der Waals surface area contributed by atoms with Crippen molar-refractivity contribution in [2.75, 3.05) is 12.5 Å². The van der Waals surface area contributed by atoms with Crippen LogP contribution in [0.1, 0.15) is 13.8 Å². The Labute approximate surface area is 81.5 Å². The third kappa shape index (κ3) is 5.25. The maximum Gasteiger partial charge on any atom is 0.336 e. The van der Waals surface area contributed by atoms with Crippen LogP contribution in [0, 0.1) is 0 Å². The topological polar surface area (TPSA) is 52.6 Å². The molecular weight excluding hydrogens is 196 g/mol. The first kappa shape index (κ1) is 12.0. The molecule has 0 saturated heterocycles. The number of alkyl halides is 1. The molecule has 0 aliphatic carbocycles. The molecule has 4 nitrogen and oxygen atoms in total. The normalized spacial score (nSPS) is 10.8. The van der Waals surface area contributed by atoms with E-state index in [0.29, 0.717) is 0 Å². The van der Waals surface area contributed by atoms with E-state index in [0.717, 1.165) is 6.26 Å². The van der Waals surface area contributed by atoms with Gasteiger partial charge in [-0.05, 0) is 13.8 Å². The lowest BCUT2D eigenvalue weighted by Gasteiger charge is -2.00. The van der Waals surface area contributed by atoms with Crippen molar-refractivity contribution in [2.24, 2.45) is 0 Å². The Morgan fingerprint density at radius 1 is 1.46 bits per heavy atom. The maximum atomic E-state index is 10.9. The number of halogens is 1. The second-order valence-electron chi connectivity index (χ2n) is 2.14. The van der Waals surface area contributed by atoms with Crippen molar-refractivity contribution < 1.29 is 19.1 Å². The lowest BCUT2D eigenvalue weighted by Crippen LogP contribution is -2.07. The quantitative estimate of drug-likeness (QED) is 0.301. The predicted octanol–water partition coefficient (Wildman–Crippen LogP) is 1.24. The average Bonchev–Trinajstić information content (AvgIpc) is 2.13. The molecule has 74 valence electrons. The Balaban J connectivity index is 4.01. The molecule has 0 aromatic rings. The molecule has 0 rings (SSSR count). The fourth-order valence-corrected chi connectivity index (χ4v) is 0.542. The standard InChI is InChI=1S/C8H11ClO4/c1-3-12-8(11)6(2)5-13-7(10)4-9/h5H,3-4H2,1-2H3/b6-5+. The van der Waals surface area contributed by atoms with Crippen LogP contribution in [0.2, 0.25) is 0 Å². The lowest BCUT2D eigenvalue weighted by atomic mass is 10.3. The zero-order valence-corrected chi connectivity index (χ0v) is 8.26. The van der Waals surface area contributed by atoms with Crippen LogP contribution in [0.25, 0.3) is 0 Å². The number of carbonyl (C=O) groups is 2. The highest BCUT2D eigenvalue weighted by Crippen LogP contribution is 1.97. The van der Waals surface area contributed by atoms with E-state index >= 15 is 0 Å². The summed E-state index contributed by atoms with van der Waals surface area (Å²) in [5.74, 6) is -1.36. The molecule has 0 fully saturated rings. The van der Waals surface area contributed by atoms with Gasteiger partial charge in [0.2, 0.25) is 0 Å². The molecule has 0 saturated carbocycles. The van der Waals surface area contributed by atoms with Crippen LogP contribution in [-0.4, -0.2) is 24.4 Å². The Hall–Kier alpha value is -1.03. The summed E-state index contributed by atoms with van der Waals surface area (Å²) in [5.41, 5.74) is 0.223. The minimum Gasteiger partial charge on any atom is -0.463 e. The maximum absolute atomic E-state index is 10.9. The SMILES string of the molecule is CCOC(=O)/C(C)=C/OC(=O)CCl. The third-order valence-corrected chi connectivity index (χ3v) is 1.29. The summed E-state index contributed by atoms with van der Waals surface area (Å²) in [7, 11) is 0. The number of ether oxygens (including phenoxy) is 2. The second-order valence-corrected chi connectivity index (χ2v) is 2.41. The minimum absolute atomic E-state index is 0.223. The van der Waals surface area contributed by atoms with Crippen molar-refractivity contribution in [2.45, 2.75) is 13.8 Å². The zero-order valence-electron chi connectivity index (χ0n) is 7.50. The van der Waals surface area contributed by atoms with Crippen LogP contribution in [-0.2, 0) is 19.1 Å². The molecule has 0 amide bonds. The van der Waals surface area contributed by atoms with Crippen LogP contribution in [0.5, 0.6) is 0 Å². The average molecular weight is 207 g/mol. The van der Waals surface area contributed by atoms with Gasteiger partial charge in [-0.15, -0.1) is 11.6 Å². The molecule has 0 aromatic heterocycles. The molecule has 5 heteroatoms. The molecular formula is C8H11ClO4. The molecule has 13 heavy (non-hydrogen) atoms. The summed E-state index contributed by atoms with van der Waals surface area (Å²) in [6, 6.07) is 0. The summed E-state index contributed by atoms with van der Waals surface area (Å²) in [5, 5.41) is 0. The van der Waals surface area contributed by atoms with Gasteiger partial charge in [0.25, 0.3) is 0 Å². The van der Waals surface area contributed by atoms with Crippen LogP contribution in [0.15, 0.2) is 11.8 Å². The van der Waals surface area contributed by atoms with E-state index in [1.165, 1.54) is 6.92 Å². The van der Waals surface area contributed by atoms with Crippen LogP contribution in [0.4, 0.5) is 0 Å². The van der Waals surface area contributed by atoms with Gasteiger partial charge >= 0.3 is 11.9 Å². The smallest absolute Gasteiger partial charge is 0.336 e. The highest BCUT2D eigenvalue weighted by Gasteiger charge is 2.05. The fourth-order valence-electron chi connectivity index (χ4n) is 0.479. The zero-order chi connectivity index (χ0) is 10.3. The van der Waals surface area contributed by atoms with Gasteiger partial charge in [-0.25, -0.2) is 4.79 Å². The molecule has 0 aromatic carbocycles. The van der Waals surface area contributed by atoms with Crippen molar-refractivity contribution >= 4 is 23.5 Å². The largest absolute Gasteiger partial charge is 0.463 e. The lowest BCUT2D eigenvalue weighted by molar-refractivity contribution is -0.138. The van der Waals surface area contributed by atoms with Gasteiger partial charge < -0.3 is 9.47 Å².